The highest BCUT2D eigenvalue weighted by molar-refractivity contribution is 5.73. The second kappa shape index (κ2) is 9.59. The van der Waals surface area contributed by atoms with Gasteiger partial charge >= 0.3 is 12.0 Å². The third kappa shape index (κ3) is 7.47. The molecule has 0 aromatic heterocycles. The second-order valence-corrected chi connectivity index (χ2v) is 4.74. The SMILES string of the molecule is CCC(CNC(=O)NCCCC(=O)O)Oc1cccc(F)c1. The molecular weight excluding hydrogens is 291 g/mol. The molecule has 7 heteroatoms. The number of carboxylic acid groups (broad SMARTS) is 1. The standard InChI is InChI=1S/C15H21FN2O4/c1-2-12(22-13-6-3-5-11(16)9-13)10-18-15(21)17-8-4-7-14(19)20/h3,5-6,9,12H,2,4,7-8,10H2,1H3,(H,19,20)(H2,17,18,21). The lowest BCUT2D eigenvalue weighted by molar-refractivity contribution is -0.137. The van der Waals surface area contributed by atoms with Crippen molar-refractivity contribution in [1.29, 1.82) is 0 Å². The smallest absolute Gasteiger partial charge is 0.314 e. The number of carboxylic acids is 1. The number of hydrogen-bond donors (Lipinski definition) is 3. The van der Waals surface area contributed by atoms with Gasteiger partial charge in [-0.1, -0.05) is 13.0 Å². The van der Waals surface area contributed by atoms with E-state index in [1.165, 1.54) is 12.1 Å². The topological polar surface area (TPSA) is 87.7 Å². The van der Waals surface area contributed by atoms with Gasteiger partial charge in [0, 0.05) is 19.0 Å². The van der Waals surface area contributed by atoms with E-state index in [2.05, 4.69) is 10.6 Å². The van der Waals surface area contributed by atoms with Crippen LogP contribution in [-0.2, 0) is 4.79 Å². The van der Waals surface area contributed by atoms with E-state index in [4.69, 9.17) is 9.84 Å². The zero-order valence-electron chi connectivity index (χ0n) is 12.5. The van der Waals surface area contributed by atoms with E-state index in [-0.39, 0.29) is 30.9 Å². The Morgan fingerprint density at radius 1 is 1.36 bits per heavy atom. The largest absolute Gasteiger partial charge is 0.489 e. The van der Waals surface area contributed by atoms with Crippen LogP contribution in [0.3, 0.4) is 0 Å². The molecule has 0 saturated carbocycles. The van der Waals surface area contributed by atoms with Crippen LogP contribution in [0, 0.1) is 5.82 Å². The minimum Gasteiger partial charge on any atom is -0.489 e. The molecule has 3 N–H and O–H groups in total. The van der Waals surface area contributed by atoms with Crippen molar-refractivity contribution >= 4 is 12.0 Å². The number of rotatable bonds is 9. The van der Waals surface area contributed by atoms with Crippen LogP contribution in [0.2, 0.25) is 0 Å². The summed E-state index contributed by atoms with van der Waals surface area (Å²) < 4.78 is 18.7. The van der Waals surface area contributed by atoms with Crippen LogP contribution in [0.1, 0.15) is 26.2 Å². The molecule has 2 amide bonds. The average molecular weight is 312 g/mol. The highest BCUT2D eigenvalue weighted by Gasteiger charge is 2.10. The number of aliphatic carboxylic acids is 1. The van der Waals surface area contributed by atoms with Gasteiger partial charge in [-0.2, -0.15) is 0 Å². The van der Waals surface area contributed by atoms with Gasteiger partial charge in [-0.05, 0) is 25.0 Å². The molecule has 0 spiro atoms. The lowest BCUT2D eigenvalue weighted by atomic mass is 10.2. The number of carbonyl (C=O) groups is 2. The molecule has 1 atom stereocenters. The highest BCUT2D eigenvalue weighted by Crippen LogP contribution is 2.14. The lowest BCUT2D eigenvalue weighted by Crippen LogP contribution is -2.41. The van der Waals surface area contributed by atoms with Gasteiger partial charge in [-0.25, -0.2) is 9.18 Å². The van der Waals surface area contributed by atoms with Crippen LogP contribution in [0.15, 0.2) is 24.3 Å². The van der Waals surface area contributed by atoms with Crippen LogP contribution in [-0.4, -0.2) is 36.3 Å². The maximum absolute atomic E-state index is 13.1. The van der Waals surface area contributed by atoms with Crippen LogP contribution in [0.4, 0.5) is 9.18 Å². The van der Waals surface area contributed by atoms with Gasteiger partial charge < -0.3 is 20.5 Å². The van der Waals surface area contributed by atoms with Crippen LogP contribution in [0.25, 0.3) is 0 Å². The van der Waals surface area contributed by atoms with Crippen molar-refractivity contribution in [2.45, 2.75) is 32.3 Å². The number of halogens is 1. The zero-order valence-corrected chi connectivity index (χ0v) is 12.5. The number of nitrogens with one attached hydrogen (secondary N) is 2. The third-order valence-corrected chi connectivity index (χ3v) is 2.90. The third-order valence-electron chi connectivity index (χ3n) is 2.90. The predicted octanol–water partition coefficient (Wildman–Crippen LogP) is 2.15. The van der Waals surface area contributed by atoms with Gasteiger partial charge in [0.1, 0.15) is 17.7 Å². The molecule has 0 aliphatic carbocycles. The molecule has 1 aromatic carbocycles. The van der Waals surface area contributed by atoms with E-state index in [1.807, 2.05) is 6.92 Å². The fourth-order valence-corrected chi connectivity index (χ4v) is 1.71. The van der Waals surface area contributed by atoms with E-state index in [1.54, 1.807) is 12.1 Å². The molecule has 0 aliphatic heterocycles. The Morgan fingerprint density at radius 3 is 2.77 bits per heavy atom. The monoisotopic (exact) mass is 312 g/mol. The summed E-state index contributed by atoms with van der Waals surface area (Å²) in [5.41, 5.74) is 0. The summed E-state index contributed by atoms with van der Waals surface area (Å²) in [5.74, 6) is -0.858. The Hall–Kier alpha value is -2.31. The average Bonchev–Trinajstić information content (AvgIpc) is 2.47. The quantitative estimate of drug-likeness (QED) is 0.610. The first-order chi connectivity index (χ1) is 10.5. The lowest BCUT2D eigenvalue weighted by Gasteiger charge is -2.18. The maximum Gasteiger partial charge on any atom is 0.314 e. The van der Waals surface area contributed by atoms with Crippen LogP contribution in [0.5, 0.6) is 5.75 Å². The minimum atomic E-state index is -0.892. The first-order valence-electron chi connectivity index (χ1n) is 7.17. The van der Waals surface area contributed by atoms with Gasteiger partial charge in [0.15, 0.2) is 0 Å². The molecule has 1 aromatic rings. The zero-order chi connectivity index (χ0) is 16.4. The molecule has 122 valence electrons. The highest BCUT2D eigenvalue weighted by atomic mass is 19.1. The van der Waals surface area contributed by atoms with Crippen molar-refractivity contribution in [3.05, 3.63) is 30.1 Å². The van der Waals surface area contributed by atoms with Crippen molar-refractivity contribution in [2.75, 3.05) is 13.1 Å². The van der Waals surface area contributed by atoms with Crippen molar-refractivity contribution in [3.8, 4) is 5.75 Å². The van der Waals surface area contributed by atoms with Gasteiger partial charge in [0.2, 0.25) is 0 Å². The van der Waals surface area contributed by atoms with Gasteiger partial charge in [0.05, 0.1) is 6.54 Å². The number of amides is 2. The number of benzene rings is 1. The van der Waals surface area contributed by atoms with E-state index in [9.17, 15) is 14.0 Å². The van der Waals surface area contributed by atoms with Crippen molar-refractivity contribution in [3.63, 3.8) is 0 Å². The van der Waals surface area contributed by atoms with E-state index < -0.39 is 5.97 Å². The Balaban J connectivity index is 2.28. The van der Waals surface area contributed by atoms with Crippen molar-refractivity contribution in [2.24, 2.45) is 0 Å². The summed E-state index contributed by atoms with van der Waals surface area (Å²) in [4.78, 5) is 21.9. The Bertz CT molecular complexity index is 496. The summed E-state index contributed by atoms with van der Waals surface area (Å²) >= 11 is 0. The fraction of sp³-hybridized carbons (Fsp3) is 0.467. The van der Waals surface area contributed by atoms with Gasteiger partial charge in [-0.15, -0.1) is 0 Å². The van der Waals surface area contributed by atoms with Gasteiger partial charge in [-0.3, -0.25) is 4.79 Å². The fourth-order valence-electron chi connectivity index (χ4n) is 1.71. The van der Waals surface area contributed by atoms with Crippen molar-refractivity contribution in [1.82, 2.24) is 10.6 Å². The first-order valence-corrected chi connectivity index (χ1v) is 7.17. The number of carbonyl (C=O) groups excluding carboxylic acids is 1. The number of ether oxygens (including phenoxy) is 1. The number of hydrogen-bond acceptors (Lipinski definition) is 3. The summed E-state index contributed by atoms with van der Waals surface area (Å²) in [5, 5.41) is 13.7. The molecule has 6 nitrogen and oxygen atoms in total. The molecule has 0 aliphatic rings. The molecule has 0 heterocycles. The molecule has 0 saturated heterocycles. The van der Waals surface area contributed by atoms with Crippen LogP contribution < -0.4 is 15.4 Å². The molecule has 0 radical (unpaired) electrons. The Kier molecular flexibility index (Phi) is 7.74. The maximum atomic E-state index is 13.1. The molecule has 0 bridgehead atoms. The summed E-state index contributed by atoms with van der Waals surface area (Å²) in [6.45, 7) is 2.47. The van der Waals surface area contributed by atoms with E-state index >= 15 is 0 Å². The molecule has 1 unspecified atom stereocenters. The molecule has 0 fully saturated rings. The minimum absolute atomic E-state index is 0.0144. The number of urea groups is 1. The Morgan fingerprint density at radius 2 is 2.14 bits per heavy atom. The molecular formula is C15H21FN2O4. The molecule has 1 rings (SSSR count). The Labute approximate surface area is 128 Å². The van der Waals surface area contributed by atoms with Crippen LogP contribution >= 0.6 is 0 Å². The summed E-state index contributed by atoms with van der Waals surface area (Å²) in [6, 6.07) is 5.44. The van der Waals surface area contributed by atoms with Crippen molar-refractivity contribution < 1.29 is 23.8 Å². The normalized spacial score (nSPS) is 11.5. The van der Waals surface area contributed by atoms with E-state index in [0.717, 1.165) is 0 Å². The van der Waals surface area contributed by atoms with E-state index in [0.29, 0.717) is 25.1 Å². The second-order valence-electron chi connectivity index (χ2n) is 4.74. The first kappa shape index (κ1) is 17.7. The predicted molar refractivity (Wildman–Crippen MR) is 79.4 cm³/mol. The summed E-state index contributed by atoms with van der Waals surface area (Å²) in [7, 11) is 0. The summed E-state index contributed by atoms with van der Waals surface area (Å²) in [6.07, 6.45) is 0.766. The molecule has 22 heavy (non-hydrogen) atoms. The van der Waals surface area contributed by atoms with Gasteiger partial charge in [0.25, 0.3) is 0 Å².